The SMILES string of the molecule is COc1ccc(/C=N\NC(=O)c2ccccc2Cl)c(Cl)c1OC. The van der Waals surface area contributed by atoms with E-state index in [1.54, 1.807) is 36.4 Å². The van der Waals surface area contributed by atoms with Gasteiger partial charge in [-0.3, -0.25) is 4.79 Å². The molecule has 0 aliphatic heterocycles. The fourth-order valence-corrected chi connectivity index (χ4v) is 2.37. The van der Waals surface area contributed by atoms with Crippen molar-refractivity contribution < 1.29 is 14.3 Å². The number of nitrogens with one attached hydrogen (secondary N) is 1. The average Bonchev–Trinajstić information content (AvgIpc) is 2.56. The van der Waals surface area contributed by atoms with Crippen LogP contribution in [0, 0.1) is 0 Å². The van der Waals surface area contributed by atoms with Gasteiger partial charge in [0.05, 0.1) is 36.0 Å². The van der Waals surface area contributed by atoms with Gasteiger partial charge in [0.2, 0.25) is 0 Å². The van der Waals surface area contributed by atoms with Crippen LogP contribution in [0.5, 0.6) is 11.5 Å². The van der Waals surface area contributed by atoms with Crippen LogP contribution in [-0.2, 0) is 0 Å². The summed E-state index contributed by atoms with van der Waals surface area (Å²) in [7, 11) is 3.01. The van der Waals surface area contributed by atoms with Crippen molar-refractivity contribution in [2.24, 2.45) is 5.10 Å². The maximum atomic E-state index is 12.0. The molecule has 0 saturated heterocycles. The van der Waals surface area contributed by atoms with E-state index in [-0.39, 0.29) is 0 Å². The molecule has 0 aromatic heterocycles. The van der Waals surface area contributed by atoms with Crippen LogP contribution in [0.1, 0.15) is 15.9 Å². The quantitative estimate of drug-likeness (QED) is 0.658. The van der Waals surface area contributed by atoms with Crippen molar-refractivity contribution in [1.29, 1.82) is 0 Å². The van der Waals surface area contributed by atoms with Crippen LogP contribution in [0.2, 0.25) is 10.0 Å². The van der Waals surface area contributed by atoms with Crippen LogP contribution in [0.25, 0.3) is 0 Å². The van der Waals surface area contributed by atoms with Crippen LogP contribution < -0.4 is 14.9 Å². The predicted octanol–water partition coefficient (Wildman–Crippen LogP) is 3.77. The van der Waals surface area contributed by atoms with Gasteiger partial charge < -0.3 is 9.47 Å². The first-order valence-corrected chi connectivity index (χ1v) is 7.32. The highest BCUT2D eigenvalue weighted by Crippen LogP contribution is 2.36. The fraction of sp³-hybridized carbons (Fsp3) is 0.125. The van der Waals surface area contributed by atoms with Crippen molar-refractivity contribution >= 4 is 35.3 Å². The molecular weight excluding hydrogens is 339 g/mol. The lowest BCUT2D eigenvalue weighted by Crippen LogP contribution is -2.18. The number of carbonyl (C=O) groups is 1. The van der Waals surface area contributed by atoms with Gasteiger partial charge in [0.15, 0.2) is 11.5 Å². The summed E-state index contributed by atoms with van der Waals surface area (Å²) in [5, 5.41) is 4.57. The van der Waals surface area contributed by atoms with Crippen LogP contribution in [0.4, 0.5) is 0 Å². The molecule has 0 fully saturated rings. The normalized spacial score (nSPS) is 10.6. The van der Waals surface area contributed by atoms with E-state index >= 15 is 0 Å². The van der Waals surface area contributed by atoms with Gasteiger partial charge >= 0.3 is 0 Å². The minimum Gasteiger partial charge on any atom is -0.493 e. The van der Waals surface area contributed by atoms with E-state index in [1.807, 2.05) is 0 Å². The van der Waals surface area contributed by atoms with Crippen molar-refractivity contribution in [2.45, 2.75) is 0 Å². The monoisotopic (exact) mass is 352 g/mol. The fourth-order valence-electron chi connectivity index (χ4n) is 1.87. The third kappa shape index (κ3) is 3.94. The average molecular weight is 353 g/mol. The van der Waals surface area contributed by atoms with Crippen molar-refractivity contribution in [1.82, 2.24) is 5.43 Å². The maximum absolute atomic E-state index is 12.0. The first-order chi connectivity index (χ1) is 11.1. The molecule has 0 aliphatic rings. The van der Waals surface area contributed by atoms with Gasteiger partial charge in [-0.25, -0.2) is 5.43 Å². The molecule has 0 saturated carbocycles. The van der Waals surface area contributed by atoms with E-state index in [0.717, 1.165) is 0 Å². The van der Waals surface area contributed by atoms with Gasteiger partial charge in [-0.1, -0.05) is 35.3 Å². The lowest BCUT2D eigenvalue weighted by Gasteiger charge is -2.10. The van der Waals surface area contributed by atoms with Crippen molar-refractivity contribution in [2.75, 3.05) is 14.2 Å². The standard InChI is InChI=1S/C16H14Cl2N2O3/c1-22-13-8-7-10(14(18)15(13)23-2)9-19-20-16(21)11-5-3-4-6-12(11)17/h3-9H,1-2H3,(H,20,21)/b19-9-. The number of hydrazone groups is 1. The summed E-state index contributed by atoms with van der Waals surface area (Å²) in [4.78, 5) is 12.0. The second kappa shape index (κ2) is 7.85. The number of carbonyl (C=O) groups excluding carboxylic acids is 1. The molecule has 23 heavy (non-hydrogen) atoms. The number of halogens is 2. The van der Waals surface area contributed by atoms with Gasteiger partial charge in [0.25, 0.3) is 5.91 Å². The third-order valence-electron chi connectivity index (χ3n) is 3.00. The Morgan fingerprint density at radius 3 is 2.52 bits per heavy atom. The second-order valence-electron chi connectivity index (χ2n) is 4.38. The Kier molecular flexibility index (Phi) is 5.84. The maximum Gasteiger partial charge on any atom is 0.272 e. The Labute approximate surface area is 143 Å². The molecule has 120 valence electrons. The van der Waals surface area contributed by atoms with Gasteiger partial charge in [0.1, 0.15) is 0 Å². The Morgan fingerprint density at radius 1 is 1.13 bits per heavy atom. The van der Waals surface area contributed by atoms with Crippen molar-refractivity contribution in [3.8, 4) is 11.5 Å². The van der Waals surface area contributed by atoms with E-state index in [9.17, 15) is 4.79 Å². The molecule has 1 N–H and O–H groups in total. The summed E-state index contributed by atoms with van der Waals surface area (Å²) in [6.07, 6.45) is 1.42. The second-order valence-corrected chi connectivity index (χ2v) is 5.17. The first kappa shape index (κ1) is 17.1. The molecule has 0 radical (unpaired) electrons. The lowest BCUT2D eigenvalue weighted by atomic mass is 10.2. The number of rotatable bonds is 5. The summed E-state index contributed by atoms with van der Waals surface area (Å²) in [6.45, 7) is 0. The topological polar surface area (TPSA) is 59.9 Å². The molecule has 2 aromatic rings. The summed E-state index contributed by atoms with van der Waals surface area (Å²) in [5.74, 6) is 0.494. The predicted molar refractivity (Wildman–Crippen MR) is 91.1 cm³/mol. The molecule has 0 atom stereocenters. The molecule has 0 unspecified atom stereocenters. The van der Waals surface area contributed by atoms with Crippen molar-refractivity contribution in [3.63, 3.8) is 0 Å². The lowest BCUT2D eigenvalue weighted by molar-refractivity contribution is 0.0955. The molecule has 0 aliphatic carbocycles. The number of ether oxygens (including phenoxy) is 2. The summed E-state index contributed by atoms with van der Waals surface area (Å²) in [6, 6.07) is 10.1. The molecule has 0 bridgehead atoms. The van der Waals surface area contributed by atoms with Crippen LogP contribution in [0.15, 0.2) is 41.5 Å². The summed E-state index contributed by atoms with van der Waals surface area (Å²) in [5.41, 5.74) is 3.31. The zero-order chi connectivity index (χ0) is 16.8. The Hall–Kier alpha value is -2.24. The number of hydrogen-bond donors (Lipinski definition) is 1. The molecule has 7 heteroatoms. The molecule has 0 spiro atoms. The highest BCUT2D eigenvalue weighted by molar-refractivity contribution is 6.35. The minimum absolute atomic E-state index is 0.336. The van der Waals surface area contributed by atoms with E-state index in [4.69, 9.17) is 32.7 Å². The minimum atomic E-state index is -0.413. The third-order valence-corrected chi connectivity index (χ3v) is 3.72. The molecule has 1 amide bonds. The Balaban J connectivity index is 2.15. The molecule has 2 aromatic carbocycles. The van der Waals surface area contributed by atoms with Crippen LogP contribution >= 0.6 is 23.2 Å². The Bertz CT molecular complexity index is 748. The van der Waals surface area contributed by atoms with Crippen molar-refractivity contribution in [3.05, 3.63) is 57.6 Å². The zero-order valence-electron chi connectivity index (χ0n) is 12.5. The van der Waals surface area contributed by atoms with Gasteiger partial charge in [-0.2, -0.15) is 5.10 Å². The zero-order valence-corrected chi connectivity index (χ0v) is 14.0. The van der Waals surface area contributed by atoms with Gasteiger partial charge in [-0.05, 0) is 24.3 Å². The van der Waals surface area contributed by atoms with Gasteiger partial charge in [0, 0.05) is 5.56 Å². The van der Waals surface area contributed by atoms with E-state index < -0.39 is 5.91 Å². The van der Waals surface area contributed by atoms with Gasteiger partial charge in [-0.15, -0.1) is 0 Å². The largest absolute Gasteiger partial charge is 0.493 e. The van der Waals surface area contributed by atoms with E-state index in [2.05, 4.69) is 10.5 Å². The molecule has 5 nitrogen and oxygen atoms in total. The highest BCUT2D eigenvalue weighted by atomic mass is 35.5. The number of amides is 1. The van der Waals surface area contributed by atoms with Crippen LogP contribution in [0.3, 0.4) is 0 Å². The molecule has 0 heterocycles. The van der Waals surface area contributed by atoms with Crippen LogP contribution in [-0.4, -0.2) is 26.3 Å². The molecular formula is C16H14Cl2N2O3. The van der Waals surface area contributed by atoms with E-state index in [0.29, 0.717) is 32.7 Å². The number of nitrogens with zero attached hydrogens (tertiary/aromatic N) is 1. The number of benzene rings is 2. The first-order valence-electron chi connectivity index (χ1n) is 6.57. The molecule has 2 rings (SSSR count). The smallest absolute Gasteiger partial charge is 0.272 e. The van der Waals surface area contributed by atoms with E-state index in [1.165, 1.54) is 20.4 Å². The summed E-state index contributed by atoms with van der Waals surface area (Å²) >= 11 is 12.2. The highest BCUT2D eigenvalue weighted by Gasteiger charge is 2.12. The summed E-state index contributed by atoms with van der Waals surface area (Å²) < 4.78 is 10.3. The Morgan fingerprint density at radius 2 is 1.87 bits per heavy atom. The number of methoxy groups -OCH3 is 2. The number of hydrogen-bond acceptors (Lipinski definition) is 4.